The summed E-state index contributed by atoms with van der Waals surface area (Å²) in [6.45, 7) is 2.80. The van der Waals surface area contributed by atoms with Crippen molar-refractivity contribution < 1.29 is 13.6 Å². The molecule has 0 aliphatic rings. The monoisotopic (exact) mass is 474 g/mol. The Labute approximate surface area is 168 Å². The van der Waals surface area contributed by atoms with Gasteiger partial charge < -0.3 is 16.0 Å². The predicted molar refractivity (Wildman–Crippen MR) is 110 cm³/mol. The van der Waals surface area contributed by atoms with E-state index < -0.39 is 0 Å². The van der Waals surface area contributed by atoms with Crippen LogP contribution in [0, 0.1) is 11.6 Å². The molecule has 5 nitrogen and oxygen atoms in total. The van der Waals surface area contributed by atoms with Crippen LogP contribution >= 0.6 is 24.0 Å². The number of nitrogens with zero attached hydrogens (tertiary/aromatic N) is 1. The average Bonchev–Trinajstić information content (AvgIpc) is 2.59. The molecule has 0 unspecified atom stereocenters. The lowest BCUT2D eigenvalue weighted by Crippen LogP contribution is -2.41. The topological polar surface area (TPSA) is 65.5 Å². The molecular formula is C18H21F2IN4O. The lowest BCUT2D eigenvalue weighted by Gasteiger charge is -2.11. The molecular weight excluding hydrogens is 453 g/mol. The Morgan fingerprint density at radius 3 is 2.42 bits per heavy atom. The van der Waals surface area contributed by atoms with Crippen molar-refractivity contribution in [2.45, 2.75) is 13.5 Å². The number of carbonyl (C=O) groups excluding carboxylic acids is 1. The number of halogens is 3. The van der Waals surface area contributed by atoms with Crippen LogP contribution in [-0.4, -0.2) is 25.0 Å². The van der Waals surface area contributed by atoms with E-state index >= 15 is 0 Å². The quantitative estimate of drug-likeness (QED) is 0.342. The second-order valence-corrected chi connectivity index (χ2v) is 5.23. The number of anilines is 1. The van der Waals surface area contributed by atoms with E-state index in [0.717, 1.165) is 5.56 Å². The molecule has 8 heteroatoms. The highest BCUT2D eigenvalue weighted by Crippen LogP contribution is 2.07. The van der Waals surface area contributed by atoms with Crippen LogP contribution in [0.5, 0.6) is 0 Å². The van der Waals surface area contributed by atoms with Gasteiger partial charge in [-0.3, -0.25) is 4.79 Å². The molecule has 0 spiro atoms. The third-order valence-corrected chi connectivity index (χ3v) is 3.20. The summed E-state index contributed by atoms with van der Waals surface area (Å²) in [7, 11) is 0. The van der Waals surface area contributed by atoms with Crippen molar-refractivity contribution in [3.8, 4) is 0 Å². The first-order valence-electron chi connectivity index (χ1n) is 7.89. The second-order valence-electron chi connectivity index (χ2n) is 5.23. The lowest BCUT2D eigenvalue weighted by molar-refractivity contribution is -0.115. The molecule has 2 aromatic rings. The molecule has 26 heavy (non-hydrogen) atoms. The maximum atomic E-state index is 13.2. The normalized spacial score (nSPS) is 10.7. The van der Waals surface area contributed by atoms with Gasteiger partial charge in [0, 0.05) is 12.2 Å². The van der Waals surface area contributed by atoms with Crippen molar-refractivity contribution in [3.05, 3.63) is 65.7 Å². The maximum absolute atomic E-state index is 13.2. The zero-order valence-electron chi connectivity index (χ0n) is 14.3. The SMILES string of the molecule is CCNC(=NCc1cccc(F)c1)NCC(=O)Nc1ccc(F)cc1.I. The van der Waals surface area contributed by atoms with E-state index in [1.165, 1.54) is 36.4 Å². The molecule has 3 N–H and O–H groups in total. The molecule has 2 rings (SSSR count). The molecule has 1 amide bonds. The van der Waals surface area contributed by atoms with E-state index in [1.807, 2.05) is 6.92 Å². The van der Waals surface area contributed by atoms with Gasteiger partial charge in [0.15, 0.2) is 5.96 Å². The molecule has 0 bridgehead atoms. The summed E-state index contributed by atoms with van der Waals surface area (Å²) in [6.07, 6.45) is 0. The minimum Gasteiger partial charge on any atom is -0.357 e. The molecule has 0 atom stereocenters. The molecule has 0 aliphatic carbocycles. The number of hydrogen-bond acceptors (Lipinski definition) is 2. The van der Waals surface area contributed by atoms with E-state index in [9.17, 15) is 13.6 Å². The van der Waals surface area contributed by atoms with Crippen molar-refractivity contribution in [1.82, 2.24) is 10.6 Å². The predicted octanol–water partition coefficient (Wildman–Crippen LogP) is 3.28. The molecule has 0 aromatic heterocycles. The fraction of sp³-hybridized carbons (Fsp3) is 0.222. The first kappa shape index (κ1) is 21.8. The second kappa shape index (κ2) is 11.4. The Morgan fingerprint density at radius 2 is 1.77 bits per heavy atom. The van der Waals surface area contributed by atoms with E-state index in [2.05, 4.69) is 20.9 Å². The average molecular weight is 474 g/mol. The van der Waals surface area contributed by atoms with Crippen LogP contribution in [0.2, 0.25) is 0 Å². The first-order chi connectivity index (χ1) is 12.1. The van der Waals surface area contributed by atoms with Crippen LogP contribution in [0.4, 0.5) is 14.5 Å². The van der Waals surface area contributed by atoms with E-state index in [1.54, 1.807) is 12.1 Å². The van der Waals surface area contributed by atoms with E-state index in [-0.39, 0.29) is 54.6 Å². The number of benzene rings is 2. The molecule has 0 saturated carbocycles. The van der Waals surface area contributed by atoms with Crippen LogP contribution in [-0.2, 0) is 11.3 Å². The van der Waals surface area contributed by atoms with Gasteiger partial charge in [0.2, 0.25) is 5.91 Å². The largest absolute Gasteiger partial charge is 0.357 e. The zero-order chi connectivity index (χ0) is 18.1. The van der Waals surface area contributed by atoms with Crippen molar-refractivity contribution >= 4 is 41.5 Å². The number of amides is 1. The third-order valence-electron chi connectivity index (χ3n) is 3.20. The maximum Gasteiger partial charge on any atom is 0.243 e. The molecule has 0 saturated heterocycles. The zero-order valence-corrected chi connectivity index (χ0v) is 16.6. The Morgan fingerprint density at radius 1 is 1.04 bits per heavy atom. The number of rotatable bonds is 6. The van der Waals surface area contributed by atoms with Crippen molar-refractivity contribution in [1.29, 1.82) is 0 Å². The van der Waals surface area contributed by atoms with E-state index in [4.69, 9.17) is 0 Å². The summed E-state index contributed by atoms with van der Waals surface area (Å²) in [5.41, 5.74) is 1.24. The Kier molecular flexibility index (Phi) is 9.56. The molecule has 0 radical (unpaired) electrons. The lowest BCUT2D eigenvalue weighted by atomic mass is 10.2. The van der Waals surface area contributed by atoms with Crippen LogP contribution in [0.25, 0.3) is 0 Å². The molecule has 2 aromatic carbocycles. The van der Waals surface area contributed by atoms with Crippen LogP contribution in [0.1, 0.15) is 12.5 Å². The van der Waals surface area contributed by atoms with Crippen molar-refractivity contribution in [2.75, 3.05) is 18.4 Å². The fourth-order valence-corrected chi connectivity index (χ4v) is 2.05. The third kappa shape index (κ3) is 7.77. The van der Waals surface area contributed by atoms with E-state index in [0.29, 0.717) is 18.2 Å². The highest BCUT2D eigenvalue weighted by atomic mass is 127. The minimum atomic E-state index is -0.366. The van der Waals surface area contributed by atoms with Gasteiger partial charge in [0.05, 0.1) is 13.1 Å². The van der Waals surface area contributed by atoms with Crippen molar-refractivity contribution in [3.63, 3.8) is 0 Å². The highest BCUT2D eigenvalue weighted by molar-refractivity contribution is 14.0. The summed E-state index contributed by atoms with van der Waals surface area (Å²) in [5.74, 6) is -0.525. The Hall–Kier alpha value is -2.23. The smallest absolute Gasteiger partial charge is 0.243 e. The van der Waals surface area contributed by atoms with Gasteiger partial charge >= 0.3 is 0 Å². The molecule has 0 heterocycles. The summed E-state index contributed by atoms with van der Waals surface area (Å²) in [4.78, 5) is 16.2. The Balaban J connectivity index is 0.00000338. The number of aliphatic imine (C=N–C) groups is 1. The highest BCUT2D eigenvalue weighted by Gasteiger charge is 2.05. The summed E-state index contributed by atoms with van der Waals surface area (Å²) >= 11 is 0. The van der Waals surface area contributed by atoms with Gasteiger partial charge in [-0.1, -0.05) is 12.1 Å². The molecule has 140 valence electrons. The molecule has 0 fully saturated rings. The number of guanidine groups is 1. The number of carbonyl (C=O) groups is 1. The standard InChI is InChI=1S/C18H20F2N4O.HI/c1-2-21-18(22-11-13-4-3-5-15(20)10-13)23-12-17(25)24-16-8-6-14(19)7-9-16;/h3-10H,2,11-12H2,1H3,(H,24,25)(H2,21,22,23);1H. The van der Waals surface area contributed by atoms with Crippen LogP contribution in [0.15, 0.2) is 53.5 Å². The Bertz CT molecular complexity index is 738. The van der Waals surface area contributed by atoms with Crippen LogP contribution < -0.4 is 16.0 Å². The van der Waals surface area contributed by atoms with Gasteiger partial charge in [-0.15, -0.1) is 24.0 Å². The molecule has 0 aliphatic heterocycles. The summed E-state index contributed by atoms with van der Waals surface area (Å²) in [6, 6.07) is 11.7. The van der Waals surface area contributed by atoms with Crippen LogP contribution in [0.3, 0.4) is 0 Å². The number of hydrogen-bond donors (Lipinski definition) is 3. The van der Waals surface area contributed by atoms with Gasteiger partial charge in [0.25, 0.3) is 0 Å². The number of nitrogens with one attached hydrogen (secondary N) is 3. The van der Waals surface area contributed by atoms with Gasteiger partial charge in [0.1, 0.15) is 11.6 Å². The van der Waals surface area contributed by atoms with Gasteiger partial charge in [-0.2, -0.15) is 0 Å². The minimum absolute atomic E-state index is 0. The summed E-state index contributed by atoms with van der Waals surface area (Å²) in [5, 5.41) is 8.55. The fourth-order valence-electron chi connectivity index (χ4n) is 2.05. The van der Waals surface area contributed by atoms with Gasteiger partial charge in [-0.05, 0) is 48.9 Å². The first-order valence-corrected chi connectivity index (χ1v) is 7.89. The van der Waals surface area contributed by atoms with Gasteiger partial charge in [-0.25, -0.2) is 13.8 Å². The summed E-state index contributed by atoms with van der Waals surface area (Å²) < 4.78 is 26.0. The van der Waals surface area contributed by atoms with Crippen molar-refractivity contribution in [2.24, 2.45) is 4.99 Å².